The molecule has 0 bridgehead atoms. The van der Waals surface area contributed by atoms with E-state index in [1.807, 2.05) is 0 Å². The number of aromatic nitrogens is 1. The molecule has 0 aliphatic carbocycles. The Kier molecular flexibility index (Phi) is 5.37. The maximum atomic E-state index is 11.7. The van der Waals surface area contributed by atoms with Gasteiger partial charge < -0.3 is 10.2 Å². The second kappa shape index (κ2) is 6.56. The third kappa shape index (κ3) is 4.50. The highest BCUT2D eigenvalue weighted by molar-refractivity contribution is 6.33. The first-order valence-electron chi connectivity index (χ1n) is 5.21. The van der Waals surface area contributed by atoms with Gasteiger partial charge in [-0.1, -0.05) is 23.2 Å². The quantitative estimate of drug-likeness (QED) is 0.857. The van der Waals surface area contributed by atoms with Gasteiger partial charge in [0.1, 0.15) is 10.3 Å². The van der Waals surface area contributed by atoms with Crippen molar-refractivity contribution in [1.29, 1.82) is 0 Å². The van der Waals surface area contributed by atoms with E-state index < -0.39 is 0 Å². The molecular formula is C11H13Cl2N3O2. The maximum Gasteiger partial charge on any atom is 0.251 e. The van der Waals surface area contributed by atoms with E-state index in [4.69, 9.17) is 23.2 Å². The van der Waals surface area contributed by atoms with Crippen LogP contribution in [0, 0.1) is 0 Å². The molecule has 1 heterocycles. The van der Waals surface area contributed by atoms with E-state index >= 15 is 0 Å². The molecule has 0 saturated carbocycles. The molecule has 0 fully saturated rings. The molecule has 0 aromatic carbocycles. The Morgan fingerprint density at radius 1 is 1.28 bits per heavy atom. The van der Waals surface area contributed by atoms with Crippen LogP contribution in [0.5, 0.6) is 0 Å². The normalized spacial score (nSPS) is 10.0. The number of nitrogens with one attached hydrogen (secondary N) is 1. The predicted molar refractivity (Wildman–Crippen MR) is 69.9 cm³/mol. The first kappa shape index (κ1) is 14.7. The number of rotatable bonds is 4. The summed E-state index contributed by atoms with van der Waals surface area (Å²) in [5.41, 5.74) is 0.317. The Bertz CT molecular complexity index is 443. The molecule has 0 aliphatic rings. The smallest absolute Gasteiger partial charge is 0.251 e. The van der Waals surface area contributed by atoms with Crippen molar-refractivity contribution in [2.24, 2.45) is 0 Å². The van der Waals surface area contributed by atoms with Crippen LogP contribution in [-0.2, 0) is 4.79 Å². The third-order valence-corrected chi connectivity index (χ3v) is 2.54. The summed E-state index contributed by atoms with van der Waals surface area (Å²) < 4.78 is 0. The molecule has 0 unspecified atom stereocenters. The van der Waals surface area contributed by atoms with Gasteiger partial charge in [0, 0.05) is 32.6 Å². The van der Waals surface area contributed by atoms with Crippen LogP contribution in [0.2, 0.25) is 10.3 Å². The molecule has 18 heavy (non-hydrogen) atoms. The number of carbonyl (C=O) groups is 2. The molecule has 1 aromatic heterocycles. The Morgan fingerprint density at radius 3 is 2.33 bits per heavy atom. The fraction of sp³-hybridized carbons (Fsp3) is 0.364. The molecular weight excluding hydrogens is 277 g/mol. The van der Waals surface area contributed by atoms with Crippen molar-refractivity contribution in [2.75, 3.05) is 20.6 Å². The SMILES string of the molecule is CN(C)C(=O)CCNC(=O)c1cc(Cl)nc(Cl)c1. The lowest BCUT2D eigenvalue weighted by Crippen LogP contribution is -2.30. The minimum atomic E-state index is -0.340. The molecule has 0 aliphatic heterocycles. The number of hydrogen-bond donors (Lipinski definition) is 1. The van der Waals surface area contributed by atoms with Crippen LogP contribution < -0.4 is 5.32 Å². The second-order valence-electron chi connectivity index (χ2n) is 3.80. The number of nitrogens with zero attached hydrogens (tertiary/aromatic N) is 2. The van der Waals surface area contributed by atoms with Gasteiger partial charge in [-0.15, -0.1) is 0 Å². The molecule has 1 rings (SSSR count). The van der Waals surface area contributed by atoms with E-state index in [0.29, 0.717) is 5.56 Å². The summed E-state index contributed by atoms with van der Waals surface area (Å²) >= 11 is 11.4. The lowest BCUT2D eigenvalue weighted by molar-refractivity contribution is -0.128. The Labute approximate surface area is 115 Å². The molecule has 0 atom stereocenters. The first-order chi connectivity index (χ1) is 8.40. The van der Waals surface area contributed by atoms with Crippen LogP contribution in [0.25, 0.3) is 0 Å². The summed E-state index contributed by atoms with van der Waals surface area (Å²) in [7, 11) is 3.32. The number of pyridine rings is 1. The highest BCUT2D eigenvalue weighted by Crippen LogP contribution is 2.14. The average molecular weight is 290 g/mol. The highest BCUT2D eigenvalue weighted by atomic mass is 35.5. The summed E-state index contributed by atoms with van der Waals surface area (Å²) in [6.45, 7) is 0.257. The van der Waals surface area contributed by atoms with E-state index in [1.165, 1.54) is 17.0 Å². The fourth-order valence-corrected chi connectivity index (χ4v) is 1.67. The third-order valence-electron chi connectivity index (χ3n) is 2.15. The minimum Gasteiger partial charge on any atom is -0.352 e. The van der Waals surface area contributed by atoms with Gasteiger partial charge in [0.05, 0.1) is 0 Å². The second-order valence-corrected chi connectivity index (χ2v) is 4.57. The molecule has 0 spiro atoms. The number of amides is 2. The topological polar surface area (TPSA) is 62.3 Å². The van der Waals surface area contributed by atoms with Crippen molar-refractivity contribution >= 4 is 35.0 Å². The number of halogens is 2. The zero-order valence-electron chi connectivity index (χ0n) is 10.0. The molecule has 0 saturated heterocycles. The molecule has 7 heteroatoms. The lowest BCUT2D eigenvalue weighted by Gasteiger charge is -2.10. The van der Waals surface area contributed by atoms with Gasteiger partial charge in [-0.3, -0.25) is 9.59 Å². The van der Waals surface area contributed by atoms with E-state index in [2.05, 4.69) is 10.3 Å². The van der Waals surface area contributed by atoms with Gasteiger partial charge in [0.15, 0.2) is 0 Å². The van der Waals surface area contributed by atoms with Crippen LogP contribution in [0.1, 0.15) is 16.8 Å². The summed E-state index contributed by atoms with van der Waals surface area (Å²) in [4.78, 5) is 28.2. The largest absolute Gasteiger partial charge is 0.352 e. The van der Waals surface area contributed by atoms with Crippen molar-refractivity contribution < 1.29 is 9.59 Å². The van der Waals surface area contributed by atoms with Crippen molar-refractivity contribution in [3.8, 4) is 0 Å². The van der Waals surface area contributed by atoms with Crippen molar-refractivity contribution in [1.82, 2.24) is 15.2 Å². The Hall–Kier alpha value is -1.33. The van der Waals surface area contributed by atoms with Crippen molar-refractivity contribution in [2.45, 2.75) is 6.42 Å². The van der Waals surface area contributed by atoms with Gasteiger partial charge in [0.2, 0.25) is 5.91 Å². The van der Waals surface area contributed by atoms with Crippen molar-refractivity contribution in [3.05, 3.63) is 28.0 Å². The summed E-state index contributed by atoms with van der Waals surface area (Å²) in [6, 6.07) is 2.83. The Morgan fingerprint density at radius 2 is 1.83 bits per heavy atom. The van der Waals surface area contributed by atoms with E-state index in [1.54, 1.807) is 14.1 Å². The molecule has 2 amide bonds. The average Bonchev–Trinajstić information content (AvgIpc) is 2.27. The van der Waals surface area contributed by atoms with Crippen LogP contribution in [0.3, 0.4) is 0 Å². The van der Waals surface area contributed by atoms with Gasteiger partial charge in [-0.05, 0) is 12.1 Å². The number of hydrogen-bond acceptors (Lipinski definition) is 3. The van der Waals surface area contributed by atoms with E-state index in [-0.39, 0.29) is 35.1 Å². The van der Waals surface area contributed by atoms with Gasteiger partial charge in [0.25, 0.3) is 5.91 Å². The number of carbonyl (C=O) groups excluding carboxylic acids is 2. The van der Waals surface area contributed by atoms with E-state index in [9.17, 15) is 9.59 Å². The summed E-state index contributed by atoms with van der Waals surface area (Å²) in [5.74, 6) is -0.395. The molecule has 1 aromatic rings. The van der Waals surface area contributed by atoms with Gasteiger partial charge >= 0.3 is 0 Å². The lowest BCUT2D eigenvalue weighted by atomic mass is 10.2. The minimum absolute atomic E-state index is 0.0545. The van der Waals surface area contributed by atoms with Gasteiger partial charge in [-0.2, -0.15) is 0 Å². The Balaban J connectivity index is 2.53. The molecule has 5 nitrogen and oxygen atoms in total. The standard InChI is InChI=1S/C11H13Cl2N3O2/c1-16(2)10(17)3-4-14-11(18)7-5-8(12)15-9(13)6-7/h5-6H,3-4H2,1-2H3,(H,14,18). The molecule has 98 valence electrons. The van der Waals surface area contributed by atoms with Crippen LogP contribution in [-0.4, -0.2) is 42.3 Å². The van der Waals surface area contributed by atoms with Crippen LogP contribution in [0.15, 0.2) is 12.1 Å². The molecule has 0 radical (unpaired) electrons. The maximum absolute atomic E-state index is 11.7. The zero-order valence-corrected chi connectivity index (χ0v) is 11.5. The zero-order chi connectivity index (χ0) is 13.7. The van der Waals surface area contributed by atoms with Crippen molar-refractivity contribution in [3.63, 3.8) is 0 Å². The van der Waals surface area contributed by atoms with Crippen LogP contribution >= 0.6 is 23.2 Å². The highest BCUT2D eigenvalue weighted by Gasteiger charge is 2.09. The predicted octanol–water partition coefficient (Wildman–Crippen LogP) is 1.60. The van der Waals surface area contributed by atoms with Crippen LogP contribution in [0.4, 0.5) is 0 Å². The summed E-state index contributed by atoms with van der Waals surface area (Å²) in [6.07, 6.45) is 0.241. The first-order valence-corrected chi connectivity index (χ1v) is 5.97. The van der Waals surface area contributed by atoms with E-state index in [0.717, 1.165) is 0 Å². The molecule has 1 N–H and O–H groups in total. The monoisotopic (exact) mass is 289 g/mol. The summed E-state index contributed by atoms with van der Waals surface area (Å²) in [5, 5.41) is 2.91. The van der Waals surface area contributed by atoms with Gasteiger partial charge in [-0.25, -0.2) is 4.98 Å². The fourth-order valence-electron chi connectivity index (χ4n) is 1.20.